The molecule has 0 unspecified atom stereocenters. The molecule has 0 aliphatic carbocycles. The Balaban J connectivity index is 0. The third kappa shape index (κ3) is 22.5. The van der Waals surface area contributed by atoms with Crippen molar-refractivity contribution in [1.29, 1.82) is 0 Å². The van der Waals surface area contributed by atoms with Gasteiger partial charge in [0, 0.05) is 0 Å². The minimum atomic E-state index is -4.64. The van der Waals surface area contributed by atoms with Gasteiger partial charge in [0.15, 0.2) is 0 Å². The standard InChI is InChI=1S/C6H5.Li.H3O4P/c1-2-4-6-5-3-1;;1-5(2,3)4/h1-5H;;(H3,1,2,3,4)/q-1;+1;. The van der Waals surface area contributed by atoms with Crippen molar-refractivity contribution in [2.24, 2.45) is 0 Å². The minimum absolute atomic E-state index is 0. The minimum Gasteiger partial charge on any atom is -0.303 e. The molecule has 1 aromatic carbocycles. The zero-order valence-corrected chi connectivity index (χ0v) is 7.48. The van der Waals surface area contributed by atoms with Gasteiger partial charge in [-0.15, -0.1) is 0 Å². The molecule has 6 heteroatoms. The number of hydrogen-bond donors (Lipinski definition) is 3. The largest absolute Gasteiger partial charge is 1.00 e. The van der Waals surface area contributed by atoms with Gasteiger partial charge >= 0.3 is 26.7 Å². The maximum absolute atomic E-state index is 8.88. The molecular formula is C6H8LiO4P. The first-order valence-electron chi connectivity index (χ1n) is 2.69. The Kier molecular flexibility index (Phi) is 9.12. The van der Waals surface area contributed by atoms with E-state index in [-0.39, 0.29) is 18.9 Å². The second kappa shape index (κ2) is 7.57. The van der Waals surface area contributed by atoms with Crippen LogP contribution >= 0.6 is 7.82 Å². The molecule has 0 bridgehead atoms. The molecule has 3 N–H and O–H groups in total. The Morgan fingerprint density at radius 1 is 1.00 bits per heavy atom. The van der Waals surface area contributed by atoms with Gasteiger partial charge in [-0.2, -0.15) is 36.4 Å². The van der Waals surface area contributed by atoms with Crippen LogP contribution in [0.2, 0.25) is 0 Å². The molecule has 0 atom stereocenters. The number of benzene rings is 1. The third-order valence-electron chi connectivity index (χ3n) is 0.607. The van der Waals surface area contributed by atoms with Crippen molar-refractivity contribution in [2.45, 2.75) is 0 Å². The molecule has 0 aliphatic rings. The molecule has 0 radical (unpaired) electrons. The van der Waals surface area contributed by atoms with Gasteiger partial charge in [0.1, 0.15) is 0 Å². The summed E-state index contributed by atoms with van der Waals surface area (Å²) in [5.74, 6) is 0. The van der Waals surface area contributed by atoms with Gasteiger partial charge in [0.25, 0.3) is 0 Å². The van der Waals surface area contributed by atoms with Gasteiger partial charge in [-0.25, -0.2) is 4.57 Å². The quantitative estimate of drug-likeness (QED) is 0.236. The Morgan fingerprint density at radius 3 is 1.42 bits per heavy atom. The molecule has 12 heavy (non-hydrogen) atoms. The molecule has 0 spiro atoms. The zero-order chi connectivity index (χ0) is 8.74. The normalized spacial score (nSPS) is 8.92. The SMILES string of the molecule is O=P(O)(O)O.[Li+].[c-]1ccccc1. The fourth-order valence-electron chi connectivity index (χ4n) is 0.342. The van der Waals surface area contributed by atoms with E-state index in [1.807, 2.05) is 30.3 Å². The molecule has 0 aromatic heterocycles. The monoisotopic (exact) mass is 182 g/mol. The first-order chi connectivity index (χ1) is 5.00. The van der Waals surface area contributed by atoms with Crippen LogP contribution in [0.5, 0.6) is 0 Å². The van der Waals surface area contributed by atoms with E-state index in [1.54, 1.807) is 0 Å². The maximum atomic E-state index is 8.88. The van der Waals surface area contributed by atoms with Gasteiger partial charge in [-0.3, -0.25) is 0 Å². The van der Waals surface area contributed by atoms with Crippen molar-refractivity contribution < 1.29 is 38.1 Å². The predicted octanol–water partition coefficient (Wildman–Crippen LogP) is -2.44. The Hall–Kier alpha value is -0.0726. The van der Waals surface area contributed by atoms with Crippen LogP contribution in [0.4, 0.5) is 0 Å². The summed E-state index contributed by atoms with van der Waals surface area (Å²) in [5.41, 5.74) is 0. The molecular weight excluding hydrogens is 174 g/mol. The first-order valence-corrected chi connectivity index (χ1v) is 4.26. The van der Waals surface area contributed by atoms with E-state index in [2.05, 4.69) is 6.07 Å². The van der Waals surface area contributed by atoms with E-state index in [9.17, 15) is 0 Å². The summed E-state index contributed by atoms with van der Waals surface area (Å²) < 4.78 is 8.88. The molecule has 4 nitrogen and oxygen atoms in total. The fraction of sp³-hybridized carbons (Fsp3) is 0. The van der Waals surface area contributed by atoms with Gasteiger partial charge in [-0.1, -0.05) is 0 Å². The summed E-state index contributed by atoms with van der Waals surface area (Å²) in [6.45, 7) is 0. The van der Waals surface area contributed by atoms with Crippen molar-refractivity contribution in [2.75, 3.05) is 0 Å². The maximum Gasteiger partial charge on any atom is 1.00 e. The summed E-state index contributed by atoms with van der Waals surface area (Å²) in [5, 5.41) is 0. The van der Waals surface area contributed by atoms with Gasteiger partial charge in [-0.05, 0) is 0 Å². The summed E-state index contributed by atoms with van der Waals surface area (Å²) >= 11 is 0. The van der Waals surface area contributed by atoms with E-state index in [0.717, 1.165) is 0 Å². The van der Waals surface area contributed by atoms with Gasteiger partial charge in [0.05, 0.1) is 0 Å². The number of phosphoric acid groups is 1. The molecule has 0 aliphatic heterocycles. The average molecular weight is 182 g/mol. The summed E-state index contributed by atoms with van der Waals surface area (Å²) in [4.78, 5) is 21.6. The Morgan fingerprint density at radius 2 is 1.33 bits per heavy atom. The van der Waals surface area contributed by atoms with E-state index in [1.165, 1.54) is 0 Å². The smallest absolute Gasteiger partial charge is 0.303 e. The van der Waals surface area contributed by atoms with Crippen molar-refractivity contribution >= 4 is 7.82 Å². The molecule has 1 rings (SSSR count). The van der Waals surface area contributed by atoms with E-state index >= 15 is 0 Å². The molecule has 0 heterocycles. The molecule has 0 saturated heterocycles. The zero-order valence-electron chi connectivity index (χ0n) is 6.58. The topological polar surface area (TPSA) is 77.8 Å². The third-order valence-corrected chi connectivity index (χ3v) is 0.607. The van der Waals surface area contributed by atoms with Crippen LogP contribution < -0.4 is 18.9 Å². The van der Waals surface area contributed by atoms with Crippen LogP contribution in [-0.4, -0.2) is 14.7 Å². The van der Waals surface area contributed by atoms with Crippen LogP contribution in [0.3, 0.4) is 0 Å². The number of hydrogen-bond acceptors (Lipinski definition) is 1. The second-order valence-corrected chi connectivity index (χ2v) is 2.62. The van der Waals surface area contributed by atoms with Crippen molar-refractivity contribution in [3.8, 4) is 0 Å². The van der Waals surface area contributed by atoms with Crippen LogP contribution in [0, 0.1) is 6.07 Å². The predicted molar refractivity (Wildman–Crippen MR) is 39.5 cm³/mol. The van der Waals surface area contributed by atoms with Crippen LogP contribution in [0.15, 0.2) is 30.3 Å². The van der Waals surface area contributed by atoms with Crippen molar-refractivity contribution in [1.82, 2.24) is 0 Å². The van der Waals surface area contributed by atoms with E-state index < -0.39 is 7.82 Å². The van der Waals surface area contributed by atoms with E-state index in [4.69, 9.17) is 19.2 Å². The molecule has 0 amide bonds. The fourth-order valence-corrected chi connectivity index (χ4v) is 0.342. The molecule has 62 valence electrons. The Labute approximate surface area is 82.7 Å². The van der Waals surface area contributed by atoms with Gasteiger partial charge in [0.2, 0.25) is 0 Å². The molecule has 1 aromatic rings. The molecule has 0 saturated carbocycles. The van der Waals surface area contributed by atoms with Crippen LogP contribution in [0.1, 0.15) is 0 Å². The van der Waals surface area contributed by atoms with Crippen LogP contribution in [-0.2, 0) is 4.57 Å². The first kappa shape index (κ1) is 14.5. The summed E-state index contributed by atoms with van der Waals surface area (Å²) in [7, 11) is -4.64. The van der Waals surface area contributed by atoms with E-state index in [0.29, 0.717) is 0 Å². The Bertz CT molecular complexity index is 187. The van der Waals surface area contributed by atoms with Crippen molar-refractivity contribution in [3.63, 3.8) is 0 Å². The number of rotatable bonds is 0. The second-order valence-electron chi connectivity index (χ2n) is 1.59. The summed E-state index contributed by atoms with van der Waals surface area (Å²) in [6.07, 6.45) is 0. The molecule has 0 fully saturated rings. The van der Waals surface area contributed by atoms with Crippen LogP contribution in [0.25, 0.3) is 0 Å². The van der Waals surface area contributed by atoms with Crippen molar-refractivity contribution in [3.05, 3.63) is 36.4 Å². The average Bonchev–Trinajstić information content (AvgIpc) is 1.88. The summed E-state index contributed by atoms with van der Waals surface area (Å²) in [6, 6.07) is 12.5. The van der Waals surface area contributed by atoms with Gasteiger partial charge < -0.3 is 14.7 Å².